The Morgan fingerprint density at radius 3 is 2.33 bits per heavy atom. The molecule has 2 saturated heterocycles. The number of carbonyl (C=O) groups excluding carboxylic acids is 2. The molecule has 2 heterocycles. The second-order valence-corrected chi connectivity index (χ2v) is 9.17. The molecular formula is C21H27F2N3O4. The van der Waals surface area contributed by atoms with Crippen LogP contribution in [0.5, 0.6) is 0 Å². The van der Waals surface area contributed by atoms with Crippen molar-refractivity contribution in [3.8, 4) is 0 Å². The number of nitrogens with zero attached hydrogens (tertiary/aromatic N) is 2. The molecule has 2 N–H and O–H groups in total. The highest BCUT2D eigenvalue weighted by Gasteiger charge is 2.37. The Bertz CT molecular complexity index is 839. The van der Waals surface area contributed by atoms with Gasteiger partial charge < -0.3 is 14.9 Å². The van der Waals surface area contributed by atoms with E-state index in [-0.39, 0.29) is 29.9 Å². The van der Waals surface area contributed by atoms with Crippen LogP contribution in [0.3, 0.4) is 0 Å². The van der Waals surface area contributed by atoms with Gasteiger partial charge in [0.05, 0.1) is 12.0 Å². The predicted molar refractivity (Wildman–Crippen MR) is 106 cm³/mol. The first-order valence-corrected chi connectivity index (χ1v) is 10.0. The van der Waals surface area contributed by atoms with Crippen molar-refractivity contribution < 1.29 is 28.3 Å². The molecule has 9 heteroatoms. The second-order valence-electron chi connectivity index (χ2n) is 9.17. The Balaban J connectivity index is 1.69. The Morgan fingerprint density at radius 1 is 1.23 bits per heavy atom. The van der Waals surface area contributed by atoms with Gasteiger partial charge in [0.25, 0.3) is 0 Å². The zero-order valence-electron chi connectivity index (χ0n) is 17.4. The topological polar surface area (TPSA) is 90.0 Å². The number of anilines is 1. The summed E-state index contributed by atoms with van der Waals surface area (Å²) in [4.78, 5) is 37.9. The van der Waals surface area contributed by atoms with E-state index in [9.17, 15) is 28.3 Å². The number of hydrogen-bond acceptors (Lipinski definition) is 4. The molecule has 30 heavy (non-hydrogen) atoms. The van der Waals surface area contributed by atoms with Gasteiger partial charge in [0.15, 0.2) is 0 Å². The molecule has 7 nitrogen and oxygen atoms in total. The maximum atomic E-state index is 14.7. The number of carbonyl (C=O) groups is 3. The van der Waals surface area contributed by atoms with Crippen LogP contribution in [0.25, 0.3) is 0 Å². The average molecular weight is 423 g/mol. The van der Waals surface area contributed by atoms with Crippen LogP contribution in [0.4, 0.5) is 19.3 Å². The van der Waals surface area contributed by atoms with E-state index < -0.39 is 35.5 Å². The molecule has 164 valence electrons. The third-order valence-corrected chi connectivity index (χ3v) is 5.67. The number of hydrogen-bond donors (Lipinski definition) is 2. The van der Waals surface area contributed by atoms with Gasteiger partial charge >= 0.3 is 6.09 Å². The highest BCUT2D eigenvalue weighted by molar-refractivity contribution is 6.01. The number of halogens is 2. The largest absolute Gasteiger partial charge is 0.465 e. The van der Waals surface area contributed by atoms with Gasteiger partial charge in [-0.05, 0) is 30.4 Å². The van der Waals surface area contributed by atoms with Gasteiger partial charge in [-0.25, -0.2) is 13.6 Å². The van der Waals surface area contributed by atoms with Gasteiger partial charge in [-0.1, -0.05) is 20.8 Å². The fourth-order valence-corrected chi connectivity index (χ4v) is 3.81. The number of benzene rings is 1. The Labute approximate surface area is 174 Å². The molecule has 2 fully saturated rings. The lowest BCUT2D eigenvalue weighted by molar-refractivity contribution is -0.134. The van der Waals surface area contributed by atoms with Crippen LogP contribution < -0.4 is 10.2 Å². The first kappa shape index (κ1) is 22.0. The molecule has 0 bridgehead atoms. The van der Waals surface area contributed by atoms with E-state index in [1.807, 2.05) is 20.8 Å². The van der Waals surface area contributed by atoms with Crippen LogP contribution in [0.15, 0.2) is 12.1 Å². The lowest BCUT2D eigenvalue weighted by Gasteiger charge is -2.46. The third-order valence-electron chi connectivity index (χ3n) is 5.67. The van der Waals surface area contributed by atoms with Crippen LogP contribution in [0.1, 0.15) is 51.5 Å². The molecular weight excluding hydrogens is 396 g/mol. The minimum absolute atomic E-state index is 0.00472. The van der Waals surface area contributed by atoms with E-state index in [0.717, 1.165) is 0 Å². The minimum atomic E-state index is -1.04. The van der Waals surface area contributed by atoms with Crippen molar-refractivity contribution in [2.75, 3.05) is 24.5 Å². The summed E-state index contributed by atoms with van der Waals surface area (Å²) < 4.78 is 29.4. The molecule has 0 spiro atoms. The van der Waals surface area contributed by atoms with E-state index in [1.165, 1.54) is 17.0 Å². The summed E-state index contributed by atoms with van der Waals surface area (Å²) in [5.74, 6) is -3.87. The maximum absolute atomic E-state index is 14.7. The summed E-state index contributed by atoms with van der Waals surface area (Å²) in [5.41, 5.74) is -0.0356. The molecule has 2 aliphatic rings. The van der Waals surface area contributed by atoms with E-state index >= 15 is 0 Å². The molecule has 2 aliphatic heterocycles. The number of nitrogens with one attached hydrogen (secondary N) is 1. The third kappa shape index (κ3) is 4.71. The van der Waals surface area contributed by atoms with Gasteiger partial charge in [-0.15, -0.1) is 0 Å². The normalized spacial score (nSPS) is 20.0. The summed E-state index contributed by atoms with van der Waals surface area (Å²) in [5, 5.41) is 11.6. The lowest BCUT2D eigenvalue weighted by atomic mass is 9.89. The second kappa shape index (κ2) is 8.20. The smallest absolute Gasteiger partial charge is 0.407 e. The molecule has 1 atom stereocenters. The Morgan fingerprint density at radius 2 is 1.83 bits per heavy atom. The highest BCUT2D eigenvalue weighted by atomic mass is 19.1. The maximum Gasteiger partial charge on any atom is 0.407 e. The SMILES string of the molecule is CC(C)(C)CCN(C(=O)O)C1CN(c2cc(F)c(C3CCC(=O)NC3=O)c(F)c2)C1. The molecule has 1 aromatic carbocycles. The highest BCUT2D eigenvalue weighted by Crippen LogP contribution is 2.34. The van der Waals surface area contributed by atoms with Gasteiger partial charge in [-0.2, -0.15) is 0 Å². The molecule has 0 saturated carbocycles. The van der Waals surface area contributed by atoms with Gasteiger partial charge in [0.2, 0.25) is 11.8 Å². The van der Waals surface area contributed by atoms with Crippen LogP contribution in [-0.4, -0.2) is 53.6 Å². The van der Waals surface area contributed by atoms with Crippen molar-refractivity contribution in [2.45, 2.75) is 52.0 Å². The first-order chi connectivity index (χ1) is 14.0. The first-order valence-electron chi connectivity index (χ1n) is 10.0. The van der Waals surface area contributed by atoms with Crippen molar-refractivity contribution in [1.29, 1.82) is 0 Å². The van der Waals surface area contributed by atoms with Crippen LogP contribution in [-0.2, 0) is 9.59 Å². The predicted octanol–water partition coefficient (Wildman–Crippen LogP) is 3.09. The van der Waals surface area contributed by atoms with Gasteiger partial charge in [0, 0.05) is 37.3 Å². The number of imide groups is 1. The van der Waals surface area contributed by atoms with E-state index in [4.69, 9.17) is 0 Å². The molecule has 3 amide bonds. The summed E-state index contributed by atoms with van der Waals surface area (Å²) in [6, 6.07) is 2.09. The summed E-state index contributed by atoms with van der Waals surface area (Å²) in [6.07, 6.45) is -0.204. The van der Waals surface area contributed by atoms with Crippen LogP contribution in [0.2, 0.25) is 0 Å². The fourth-order valence-electron chi connectivity index (χ4n) is 3.81. The molecule has 0 radical (unpaired) electrons. The number of carboxylic acid groups (broad SMARTS) is 1. The van der Waals surface area contributed by atoms with Crippen molar-refractivity contribution in [3.63, 3.8) is 0 Å². The fraction of sp³-hybridized carbons (Fsp3) is 0.571. The summed E-state index contributed by atoms with van der Waals surface area (Å²) in [6.45, 7) is 7.19. The van der Waals surface area contributed by atoms with Crippen molar-refractivity contribution in [1.82, 2.24) is 10.2 Å². The van der Waals surface area contributed by atoms with Crippen molar-refractivity contribution >= 4 is 23.6 Å². The Kier molecular flexibility index (Phi) is 6.01. The number of amides is 3. The standard InChI is InChI=1S/C21H27F2N3O4/c1-21(2,3)6-7-26(20(29)30)13-10-25(11-13)12-8-15(22)18(16(23)9-12)14-4-5-17(27)24-19(14)28/h8-9,13-14H,4-7,10-11H2,1-3H3,(H,29,30)(H,24,27,28). The minimum Gasteiger partial charge on any atom is -0.465 e. The zero-order valence-corrected chi connectivity index (χ0v) is 17.4. The van der Waals surface area contributed by atoms with Crippen molar-refractivity contribution in [3.05, 3.63) is 29.3 Å². The summed E-state index contributed by atoms with van der Waals surface area (Å²) >= 11 is 0. The molecule has 0 aliphatic carbocycles. The number of piperidine rings is 1. The lowest BCUT2D eigenvalue weighted by Crippen LogP contribution is -2.61. The Hall–Kier alpha value is -2.71. The van der Waals surface area contributed by atoms with E-state index in [1.54, 1.807) is 4.90 Å². The monoisotopic (exact) mass is 423 g/mol. The van der Waals surface area contributed by atoms with E-state index in [0.29, 0.717) is 31.7 Å². The van der Waals surface area contributed by atoms with Crippen LogP contribution in [0, 0.1) is 17.0 Å². The molecule has 1 unspecified atom stereocenters. The summed E-state index contributed by atoms with van der Waals surface area (Å²) in [7, 11) is 0. The zero-order chi connectivity index (χ0) is 22.2. The molecule has 1 aromatic rings. The molecule has 3 rings (SSSR count). The van der Waals surface area contributed by atoms with Crippen LogP contribution >= 0.6 is 0 Å². The average Bonchev–Trinajstić information content (AvgIpc) is 2.56. The van der Waals surface area contributed by atoms with E-state index in [2.05, 4.69) is 5.32 Å². The van der Waals surface area contributed by atoms with Gasteiger partial charge in [-0.3, -0.25) is 14.9 Å². The number of rotatable bonds is 5. The van der Waals surface area contributed by atoms with Crippen molar-refractivity contribution in [2.24, 2.45) is 5.41 Å². The quantitative estimate of drug-likeness (QED) is 0.711. The molecule has 0 aromatic heterocycles. The van der Waals surface area contributed by atoms with Gasteiger partial charge in [0.1, 0.15) is 11.6 Å².